The number of carbonyl (C=O) groups is 2. The average Bonchev–Trinajstić information content (AvgIpc) is 2.62. The third-order valence-corrected chi connectivity index (χ3v) is 3.77. The highest BCUT2D eigenvalue weighted by Gasteiger charge is 2.31. The van der Waals surface area contributed by atoms with Gasteiger partial charge in [0.1, 0.15) is 11.3 Å². The van der Waals surface area contributed by atoms with Crippen molar-refractivity contribution in [3.63, 3.8) is 0 Å². The number of hydrogen-bond donors (Lipinski definition) is 2. The molecule has 11 heteroatoms. The van der Waals surface area contributed by atoms with Crippen molar-refractivity contribution >= 4 is 23.4 Å². The van der Waals surface area contributed by atoms with E-state index in [1.54, 1.807) is 20.8 Å². The first kappa shape index (κ1) is 23.9. The van der Waals surface area contributed by atoms with E-state index in [-0.39, 0.29) is 23.6 Å². The Morgan fingerprint density at radius 2 is 1.74 bits per heavy atom. The summed E-state index contributed by atoms with van der Waals surface area (Å²) in [6.45, 7) is 6.96. The summed E-state index contributed by atoms with van der Waals surface area (Å²) in [6, 6.07) is 4.77. The van der Waals surface area contributed by atoms with Crippen LogP contribution in [-0.2, 0) is 17.5 Å². The lowest BCUT2D eigenvalue weighted by Crippen LogP contribution is -2.28. The van der Waals surface area contributed by atoms with Gasteiger partial charge < -0.3 is 10.1 Å². The van der Waals surface area contributed by atoms with E-state index in [4.69, 9.17) is 4.74 Å². The van der Waals surface area contributed by atoms with Gasteiger partial charge in [-0.3, -0.25) is 14.9 Å². The fourth-order valence-corrected chi connectivity index (χ4v) is 2.47. The Morgan fingerprint density at radius 3 is 2.32 bits per heavy atom. The fraction of sp³-hybridized carbons (Fsp3) is 0.400. The quantitative estimate of drug-likeness (QED) is 0.723. The molecular weight excluding hydrogens is 417 g/mol. The van der Waals surface area contributed by atoms with Crippen LogP contribution in [0.15, 0.2) is 35.1 Å². The van der Waals surface area contributed by atoms with E-state index >= 15 is 0 Å². The third-order valence-electron chi connectivity index (χ3n) is 3.77. The number of amides is 2. The maximum atomic E-state index is 13.2. The van der Waals surface area contributed by atoms with Gasteiger partial charge >= 0.3 is 12.3 Å². The van der Waals surface area contributed by atoms with Crippen LogP contribution in [0, 0.1) is 0 Å². The number of benzene rings is 1. The number of carbonyl (C=O) groups excluding carboxylic acids is 2. The van der Waals surface area contributed by atoms with Gasteiger partial charge in [0.2, 0.25) is 0 Å². The van der Waals surface area contributed by atoms with E-state index in [0.29, 0.717) is 12.5 Å². The summed E-state index contributed by atoms with van der Waals surface area (Å²) >= 11 is 0. The Bertz CT molecular complexity index is 1030. The van der Waals surface area contributed by atoms with Crippen LogP contribution in [0.5, 0.6) is 0 Å². The van der Waals surface area contributed by atoms with E-state index in [0.717, 1.165) is 22.9 Å². The topological polar surface area (TPSA) is 102 Å². The number of nitrogens with one attached hydrogen (secondary N) is 2. The van der Waals surface area contributed by atoms with Crippen LogP contribution in [0.4, 0.5) is 29.3 Å². The van der Waals surface area contributed by atoms with E-state index in [1.165, 1.54) is 6.07 Å². The summed E-state index contributed by atoms with van der Waals surface area (Å²) in [5.74, 6) is -0.851. The predicted octanol–water partition coefficient (Wildman–Crippen LogP) is 4.27. The molecule has 0 unspecified atom stereocenters. The number of nitrogens with zero attached hydrogens (tertiary/aromatic N) is 2. The van der Waals surface area contributed by atoms with Crippen molar-refractivity contribution in [1.82, 2.24) is 9.78 Å². The lowest BCUT2D eigenvalue weighted by Gasteiger charge is -2.21. The van der Waals surface area contributed by atoms with Gasteiger partial charge in [-0.15, -0.1) is 0 Å². The zero-order chi connectivity index (χ0) is 23.4. The number of halogens is 3. The summed E-state index contributed by atoms with van der Waals surface area (Å²) in [4.78, 5) is 36.4. The van der Waals surface area contributed by atoms with Crippen molar-refractivity contribution in [1.29, 1.82) is 0 Å². The summed E-state index contributed by atoms with van der Waals surface area (Å²) < 4.78 is 45.6. The van der Waals surface area contributed by atoms with Gasteiger partial charge in [0.05, 0.1) is 16.9 Å². The molecule has 1 aromatic heterocycles. The van der Waals surface area contributed by atoms with Gasteiger partial charge in [0, 0.05) is 12.6 Å². The molecule has 8 nitrogen and oxygen atoms in total. The lowest BCUT2D eigenvalue weighted by molar-refractivity contribution is -0.137. The molecule has 2 N–H and O–H groups in total. The molecule has 1 aromatic carbocycles. The molecule has 0 atom stereocenters. The highest BCUT2D eigenvalue weighted by atomic mass is 19.4. The van der Waals surface area contributed by atoms with Gasteiger partial charge in [0.15, 0.2) is 0 Å². The molecule has 0 fully saturated rings. The molecule has 1 heterocycles. The normalized spacial score (nSPS) is 11.7. The molecule has 0 spiro atoms. The molecule has 0 aliphatic rings. The molecular formula is C20H23F3N4O4. The Hall–Kier alpha value is -3.37. The first-order valence-electron chi connectivity index (χ1n) is 9.41. The molecule has 0 saturated carbocycles. The van der Waals surface area contributed by atoms with Crippen LogP contribution < -0.4 is 16.2 Å². The van der Waals surface area contributed by atoms with Crippen LogP contribution in [0.25, 0.3) is 0 Å². The van der Waals surface area contributed by atoms with Crippen molar-refractivity contribution in [3.8, 4) is 0 Å². The summed E-state index contributed by atoms with van der Waals surface area (Å²) in [7, 11) is 0. The zero-order valence-corrected chi connectivity index (χ0v) is 17.5. The first-order chi connectivity index (χ1) is 14.3. The number of alkyl halides is 3. The van der Waals surface area contributed by atoms with Crippen LogP contribution in [0.3, 0.4) is 0 Å². The number of aryl methyl sites for hydroxylation is 1. The molecule has 168 valence electrons. The predicted molar refractivity (Wildman–Crippen MR) is 108 cm³/mol. The maximum absolute atomic E-state index is 13.2. The largest absolute Gasteiger partial charge is 0.444 e. The minimum Gasteiger partial charge on any atom is -0.444 e. The highest BCUT2D eigenvalue weighted by molar-refractivity contribution is 6.05. The van der Waals surface area contributed by atoms with Crippen LogP contribution in [0.2, 0.25) is 0 Å². The molecule has 2 rings (SSSR count). The smallest absolute Gasteiger partial charge is 0.416 e. The number of hydrogen-bond acceptors (Lipinski definition) is 5. The van der Waals surface area contributed by atoms with E-state index < -0.39 is 34.9 Å². The molecule has 0 saturated heterocycles. The van der Waals surface area contributed by atoms with E-state index in [2.05, 4.69) is 15.7 Å². The van der Waals surface area contributed by atoms with Gasteiger partial charge in [-0.2, -0.15) is 18.3 Å². The van der Waals surface area contributed by atoms with Gasteiger partial charge in [-0.25, -0.2) is 9.48 Å². The van der Waals surface area contributed by atoms with Crippen LogP contribution in [0.1, 0.15) is 50.2 Å². The number of ether oxygens (including phenoxy) is 1. The van der Waals surface area contributed by atoms with Crippen molar-refractivity contribution in [2.45, 2.75) is 52.4 Å². The van der Waals surface area contributed by atoms with Crippen molar-refractivity contribution < 1.29 is 27.5 Å². The summed E-state index contributed by atoms with van der Waals surface area (Å²) in [5, 5.41) is 8.56. The van der Waals surface area contributed by atoms with Crippen LogP contribution >= 0.6 is 0 Å². The summed E-state index contributed by atoms with van der Waals surface area (Å²) in [6.07, 6.45) is -4.98. The second-order valence-corrected chi connectivity index (χ2v) is 7.62. The molecule has 0 aliphatic heterocycles. The van der Waals surface area contributed by atoms with Crippen molar-refractivity contribution in [2.75, 3.05) is 10.6 Å². The monoisotopic (exact) mass is 440 g/mol. The third kappa shape index (κ3) is 6.83. The minimum absolute atomic E-state index is 0.0996. The first-order valence-corrected chi connectivity index (χ1v) is 9.41. The number of aromatic nitrogens is 2. The molecule has 0 radical (unpaired) electrons. The second-order valence-electron chi connectivity index (χ2n) is 7.62. The molecule has 0 bridgehead atoms. The van der Waals surface area contributed by atoms with E-state index in [1.807, 2.05) is 6.92 Å². The average molecular weight is 440 g/mol. The van der Waals surface area contributed by atoms with Crippen molar-refractivity contribution in [3.05, 3.63) is 51.9 Å². The summed E-state index contributed by atoms with van der Waals surface area (Å²) in [5.41, 5.74) is -2.85. The lowest BCUT2D eigenvalue weighted by atomic mass is 10.1. The fourth-order valence-electron chi connectivity index (χ4n) is 2.47. The Balaban J connectivity index is 2.38. The number of rotatable bonds is 5. The van der Waals surface area contributed by atoms with Crippen LogP contribution in [-0.4, -0.2) is 27.4 Å². The number of anilines is 2. The second kappa shape index (κ2) is 9.19. The Kier molecular flexibility index (Phi) is 7.09. The maximum Gasteiger partial charge on any atom is 0.416 e. The zero-order valence-electron chi connectivity index (χ0n) is 17.5. The van der Waals surface area contributed by atoms with Gasteiger partial charge in [0.25, 0.3) is 11.5 Å². The van der Waals surface area contributed by atoms with Gasteiger partial charge in [-0.05, 0) is 51.5 Å². The SMILES string of the molecule is CCCn1nc(C(=O)Nc2cc(C(F)(F)F)ccc2NC(=O)OC(C)(C)C)ccc1=O. The Labute approximate surface area is 176 Å². The molecule has 2 amide bonds. The minimum atomic E-state index is -4.67. The Morgan fingerprint density at radius 1 is 1.06 bits per heavy atom. The molecule has 0 aliphatic carbocycles. The standard InChI is InChI=1S/C20H23F3N4O4/c1-5-10-27-16(28)9-8-14(26-27)17(29)24-15-11-12(20(21,22)23)6-7-13(15)25-18(30)31-19(2,3)4/h6-9,11H,5,10H2,1-4H3,(H,24,29)(H,25,30). The molecule has 31 heavy (non-hydrogen) atoms. The van der Waals surface area contributed by atoms with Gasteiger partial charge in [-0.1, -0.05) is 6.92 Å². The molecule has 2 aromatic rings. The van der Waals surface area contributed by atoms with E-state index in [9.17, 15) is 27.6 Å². The highest BCUT2D eigenvalue weighted by Crippen LogP contribution is 2.34. The van der Waals surface area contributed by atoms with Crippen molar-refractivity contribution in [2.24, 2.45) is 0 Å².